The number of aromatic amines is 1. The van der Waals surface area contributed by atoms with Crippen molar-refractivity contribution in [1.82, 2.24) is 34.6 Å². The molecule has 0 aromatic carbocycles. The molecule has 10 nitrogen and oxygen atoms in total. The van der Waals surface area contributed by atoms with E-state index in [0.717, 1.165) is 42.2 Å². The zero-order chi connectivity index (χ0) is 21.4. The molecule has 0 saturated heterocycles. The first-order valence-electron chi connectivity index (χ1n) is 10.4. The van der Waals surface area contributed by atoms with Crippen LogP contribution in [0, 0.1) is 0 Å². The highest BCUT2D eigenvalue weighted by atomic mass is 16.5. The molecule has 0 atom stereocenters. The summed E-state index contributed by atoms with van der Waals surface area (Å²) in [7, 11) is 1.61. The van der Waals surface area contributed by atoms with Crippen LogP contribution < -0.4 is 15.4 Å². The predicted molar refractivity (Wildman–Crippen MR) is 116 cm³/mol. The molecule has 1 aliphatic carbocycles. The molecule has 3 N–H and O–H groups in total. The lowest BCUT2D eigenvalue weighted by molar-refractivity contribution is -0.119. The summed E-state index contributed by atoms with van der Waals surface area (Å²) in [5, 5.41) is 7.24. The van der Waals surface area contributed by atoms with E-state index < -0.39 is 0 Å². The van der Waals surface area contributed by atoms with Gasteiger partial charge in [-0.2, -0.15) is 9.97 Å². The van der Waals surface area contributed by atoms with Gasteiger partial charge in [-0.3, -0.25) is 9.20 Å². The molecule has 1 aliphatic rings. The molecule has 0 bridgehead atoms. The molecule has 0 unspecified atom stereocenters. The number of nitrogens with zero attached hydrogens (tertiary/aromatic N) is 5. The fourth-order valence-electron chi connectivity index (χ4n) is 4.25. The lowest BCUT2D eigenvalue weighted by Gasteiger charge is -2.29. The minimum absolute atomic E-state index is 0.0277. The number of aromatic nitrogens is 6. The van der Waals surface area contributed by atoms with Crippen LogP contribution in [-0.4, -0.2) is 54.4 Å². The van der Waals surface area contributed by atoms with Gasteiger partial charge in [-0.15, -0.1) is 0 Å². The number of carbonyl (C=O) groups is 1. The van der Waals surface area contributed by atoms with E-state index in [-0.39, 0.29) is 18.0 Å². The summed E-state index contributed by atoms with van der Waals surface area (Å²) < 4.78 is 7.48. The van der Waals surface area contributed by atoms with Gasteiger partial charge in [0.1, 0.15) is 5.65 Å². The van der Waals surface area contributed by atoms with Gasteiger partial charge in [0.15, 0.2) is 0 Å². The van der Waals surface area contributed by atoms with Crippen LogP contribution in [0.5, 0.6) is 5.88 Å². The number of amides is 1. The number of fused-ring (bicyclic) bond motifs is 2. The number of imidazole rings is 1. The van der Waals surface area contributed by atoms with E-state index in [0.29, 0.717) is 23.3 Å². The Kier molecular flexibility index (Phi) is 4.89. The molecule has 0 spiro atoms. The Balaban J connectivity index is 1.40. The van der Waals surface area contributed by atoms with Gasteiger partial charge in [0.25, 0.3) is 0 Å². The number of nitrogens with one attached hydrogen (secondary N) is 3. The average Bonchev–Trinajstić information content (AvgIpc) is 3.40. The fraction of sp³-hybridized carbons (Fsp3) is 0.381. The quantitative estimate of drug-likeness (QED) is 0.453. The molecule has 1 amide bonds. The van der Waals surface area contributed by atoms with Crippen molar-refractivity contribution in [2.75, 3.05) is 12.4 Å². The van der Waals surface area contributed by atoms with Gasteiger partial charge in [-0.05, 0) is 25.7 Å². The van der Waals surface area contributed by atoms with E-state index in [9.17, 15) is 4.79 Å². The first-order valence-corrected chi connectivity index (χ1v) is 10.4. The molecular formula is C21H24N8O2. The smallest absolute Gasteiger partial charge is 0.233 e. The summed E-state index contributed by atoms with van der Waals surface area (Å²) in [6, 6.07) is 0.510. The Labute approximate surface area is 178 Å². The molecule has 4 aromatic rings. The fourth-order valence-corrected chi connectivity index (χ4v) is 4.25. The van der Waals surface area contributed by atoms with Crippen LogP contribution in [0.2, 0.25) is 0 Å². The normalized spacial score (nSPS) is 18.9. The number of anilines is 1. The second-order valence-corrected chi connectivity index (χ2v) is 7.85. The van der Waals surface area contributed by atoms with Crippen LogP contribution in [0.15, 0.2) is 31.0 Å². The lowest BCUT2D eigenvalue weighted by Crippen LogP contribution is -2.39. The molecule has 0 radical (unpaired) electrons. The SMILES string of the molecule is COc1nc(N[C@H]2CC[C@@H](NC(C)=O)CC2)nc2[nH]cc(-c3cnc4nccn4c3)c12. The Bertz CT molecular complexity index is 1240. The molecule has 5 rings (SSSR count). The van der Waals surface area contributed by atoms with Crippen molar-refractivity contribution in [3.05, 3.63) is 31.0 Å². The monoisotopic (exact) mass is 420 g/mol. The molecule has 4 aromatic heterocycles. The van der Waals surface area contributed by atoms with Gasteiger partial charge in [-0.1, -0.05) is 0 Å². The van der Waals surface area contributed by atoms with Gasteiger partial charge in [0.2, 0.25) is 23.5 Å². The van der Waals surface area contributed by atoms with Crippen molar-refractivity contribution < 1.29 is 9.53 Å². The number of carbonyl (C=O) groups excluding carboxylic acids is 1. The zero-order valence-corrected chi connectivity index (χ0v) is 17.4. The second-order valence-electron chi connectivity index (χ2n) is 7.85. The summed E-state index contributed by atoms with van der Waals surface area (Å²) in [4.78, 5) is 32.4. The van der Waals surface area contributed by atoms with Gasteiger partial charge < -0.3 is 20.4 Å². The van der Waals surface area contributed by atoms with Crippen molar-refractivity contribution >= 4 is 28.7 Å². The molecule has 4 heterocycles. The van der Waals surface area contributed by atoms with E-state index >= 15 is 0 Å². The van der Waals surface area contributed by atoms with Gasteiger partial charge in [0, 0.05) is 61.1 Å². The van der Waals surface area contributed by atoms with Crippen molar-refractivity contribution in [3.63, 3.8) is 0 Å². The summed E-state index contributed by atoms with van der Waals surface area (Å²) in [6.45, 7) is 1.56. The molecule has 10 heteroatoms. The summed E-state index contributed by atoms with van der Waals surface area (Å²) in [6.07, 6.45) is 13.0. The summed E-state index contributed by atoms with van der Waals surface area (Å²) in [5.41, 5.74) is 2.52. The van der Waals surface area contributed by atoms with Crippen LogP contribution in [0.4, 0.5) is 5.95 Å². The first kappa shape index (κ1) is 19.3. The lowest BCUT2D eigenvalue weighted by atomic mass is 9.91. The van der Waals surface area contributed by atoms with Gasteiger partial charge in [-0.25, -0.2) is 9.97 Å². The zero-order valence-electron chi connectivity index (χ0n) is 17.4. The third kappa shape index (κ3) is 3.76. The van der Waals surface area contributed by atoms with E-state index in [1.807, 2.05) is 23.0 Å². The molecule has 31 heavy (non-hydrogen) atoms. The maximum atomic E-state index is 11.3. The number of hydrogen-bond donors (Lipinski definition) is 3. The predicted octanol–water partition coefficient (Wildman–Crippen LogP) is 2.54. The number of hydrogen-bond acceptors (Lipinski definition) is 7. The van der Waals surface area contributed by atoms with Crippen molar-refractivity contribution in [1.29, 1.82) is 0 Å². The highest BCUT2D eigenvalue weighted by Gasteiger charge is 2.23. The number of H-pyrrole nitrogens is 1. The topological polar surface area (TPSA) is 122 Å². The minimum atomic E-state index is 0.0277. The van der Waals surface area contributed by atoms with Crippen LogP contribution in [-0.2, 0) is 4.79 Å². The van der Waals surface area contributed by atoms with Crippen molar-refractivity contribution in [2.24, 2.45) is 0 Å². The molecule has 160 valence electrons. The standard InChI is InChI=1S/C21H24N8O2/c1-12(30)25-14-3-5-15(6-4-14)26-20-27-18-17(19(28-20)31-2)16(10-23-18)13-9-24-21-22-7-8-29(21)11-13/h7-11,14-15H,3-6H2,1-2H3,(H,25,30)(H2,23,26,27,28)/t14-,15+. The largest absolute Gasteiger partial charge is 0.480 e. The van der Waals surface area contributed by atoms with E-state index in [1.54, 1.807) is 26.4 Å². The number of methoxy groups -OCH3 is 1. The highest BCUT2D eigenvalue weighted by Crippen LogP contribution is 2.34. The average molecular weight is 420 g/mol. The first-order chi connectivity index (χ1) is 15.1. The van der Waals surface area contributed by atoms with Gasteiger partial charge in [0.05, 0.1) is 12.5 Å². The van der Waals surface area contributed by atoms with Crippen LogP contribution >= 0.6 is 0 Å². The highest BCUT2D eigenvalue weighted by molar-refractivity contribution is 5.97. The van der Waals surface area contributed by atoms with E-state index in [4.69, 9.17) is 4.74 Å². The van der Waals surface area contributed by atoms with Crippen LogP contribution in [0.1, 0.15) is 32.6 Å². The Hall–Kier alpha value is -3.69. The Morgan fingerprint density at radius 2 is 2.00 bits per heavy atom. The summed E-state index contributed by atoms with van der Waals surface area (Å²) >= 11 is 0. The molecular weight excluding hydrogens is 396 g/mol. The van der Waals surface area contributed by atoms with Gasteiger partial charge >= 0.3 is 0 Å². The third-order valence-electron chi connectivity index (χ3n) is 5.72. The van der Waals surface area contributed by atoms with Crippen molar-refractivity contribution in [2.45, 2.75) is 44.7 Å². The van der Waals surface area contributed by atoms with Crippen LogP contribution in [0.3, 0.4) is 0 Å². The number of rotatable bonds is 5. The maximum absolute atomic E-state index is 11.3. The molecule has 1 fully saturated rings. The van der Waals surface area contributed by atoms with Crippen molar-refractivity contribution in [3.8, 4) is 17.0 Å². The van der Waals surface area contributed by atoms with E-state index in [1.165, 1.54) is 0 Å². The second kappa shape index (κ2) is 7.86. The minimum Gasteiger partial charge on any atom is -0.480 e. The third-order valence-corrected chi connectivity index (χ3v) is 5.72. The van der Waals surface area contributed by atoms with Crippen LogP contribution in [0.25, 0.3) is 27.9 Å². The molecule has 0 aliphatic heterocycles. The Morgan fingerprint density at radius 3 is 2.77 bits per heavy atom. The number of ether oxygens (including phenoxy) is 1. The van der Waals surface area contributed by atoms with E-state index in [2.05, 4.69) is 35.6 Å². The summed E-state index contributed by atoms with van der Waals surface area (Å²) in [5.74, 6) is 1.71. The Morgan fingerprint density at radius 1 is 1.19 bits per heavy atom. The maximum Gasteiger partial charge on any atom is 0.233 e. The molecule has 1 saturated carbocycles.